The Bertz CT molecular complexity index is 493. The van der Waals surface area contributed by atoms with Gasteiger partial charge in [0.15, 0.2) is 0 Å². The van der Waals surface area contributed by atoms with E-state index < -0.39 is 0 Å². The van der Waals surface area contributed by atoms with E-state index in [-0.39, 0.29) is 11.9 Å². The Hall–Kier alpha value is -1.68. The predicted octanol–water partition coefficient (Wildman–Crippen LogP) is 2.35. The van der Waals surface area contributed by atoms with Crippen LogP contribution in [0.5, 0.6) is 0 Å². The van der Waals surface area contributed by atoms with Gasteiger partial charge < -0.3 is 5.32 Å². The van der Waals surface area contributed by atoms with E-state index >= 15 is 0 Å². The quantitative estimate of drug-likeness (QED) is 0.878. The topological polar surface area (TPSA) is 29.9 Å². The van der Waals surface area contributed by atoms with Crippen molar-refractivity contribution < 1.29 is 4.39 Å². The van der Waals surface area contributed by atoms with Gasteiger partial charge in [0, 0.05) is 23.4 Å². The van der Waals surface area contributed by atoms with Crippen molar-refractivity contribution >= 4 is 0 Å². The van der Waals surface area contributed by atoms with Crippen molar-refractivity contribution in [3.05, 3.63) is 53.6 Å². The smallest absolute Gasteiger partial charge is 0.128 e. The lowest BCUT2D eigenvalue weighted by Crippen LogP contribution is -2.11. The third kappa shape index (κ3) is 2.71. The number of nitrogens with zero attached hydrogens (tertiary/aromatic N) is 2. The highest BCUT2D eigenvalue weighted by Gasteiger charge is 2.07. The molecule has 0 radical (unpaired) electrons. The van der Waals surface area contributed by atoms with Gasteiger partial charge in [0.05, 0.1) is 12.7 Å². The number of hydrogen-bond acceptors (Lipinski definition) is 2. The van der Waals surface area contributed by atoms with E-state index in [0.29, 0.717) is 12.1 Å². The van der Waals surface area contributed by atoms with Gasteiger partial charge in [-0.1, -0.05) is 18.2 Å². The Morgan fingerprint density at radius 1 is 1.41 bits per heavy atom. The second-order valence-corrected chi connectivity index (χ2v) is 4.07. The molecule has 1 unspecified atom stereocenters. The molecule has 0 aliphatic rings. The first-order chi connectivity index (χ1) is 8.20. The van der Waals surface area contributed by atoms with Crippen LogP contribution in [-0.4, -0.2) is 16.8 Å². The van der Waals surface area contributed by atoms with Crippen LogP contribution in [0, 0.1) is 5.82 Å². The lowest BCUT2D eigenvalue weighted by molar-refractivity contribution is 0.584. The van der Waals surface area contributed by atoms with Crippen molar-refractivity contribution in [2.45, 2.75) is 19.5 Å². The summed E-state index contributed by atoms with van der Waals surface area (Å²) in [6, 6.07) is 7.02. The second kappa shape index (κ2) is 5.10. The van der Waals surface area contributed by atoms with Crippen molar-refractivity contribution in [2.24, 2.45) is 0 Å². The summed E-state index contributed by atoms with van der Waals surface area (Å²) in [7, 11) is 1.90. The Balaban J connectivity index is 2.14. The van der Waals surface area contributed by atoms with E-state index in [1.807, 2.05) is 25.5 Å². The van der Waals surface area contributed by atoms with Gasteiger partial charge in [-0.15, -0.1) is 0 Å². The van der Waals surface area contributed by atoms with Crippen molar-refractivity contribution in [1.29, 1.82) is 0 Å². The summed E-state index contributed by atoms with van der Waals surface area (Å²) in [5, 5.41) is 7.37. The highest BCUT2D eigenvalue weighted by molar-refractivity contribution is 5.18. The highest BCUT2D eigenvalue weighted by Crippen LogP contribution is 2.12. The summed E-state index contributed by atoms with van der Waals surface area (Å²) in [5.74, 6) is -0.189. The summed E-state index contributed by atoms with van der Waals surface area (Å²) in [5.41, 5.74) is 1.75. The molecule has 0 saturated carbocycles. The third-order valence-corrected chi connectivity index (χ3v) is 2.88. The molecule has 0 aliphatic carbocycles. The largest absolute Gasteiger partial charge is 0.313 e. The lowest BCUT2D eigenvalue weighted by atomic mass is 10.2. The standard InChI is InChI=1S/C13H16FN3/c1-10(15-2)12-7-16-17(9-12)8-11-5-3-4-6-13(11)14/h3-7,9-10,15H,8H2,1-2H3. The van der Waals surface area contributed by atoms with Gasteiger partial charge in [0.25, 0.3) is 0 Å². The van der Waals surface area contributed by atoms with E-state index in [4.69, 9.17) is 0 Å². The Labute approximate surface area is 100 Å². The molecular formula is C13H16FN3. The first-order valence-corrected chi connectivity index (χ1v) is 5.63. The zero-order valence-electron chi connectivity index (χ0n) is 10.0. The van der Waals surface area contributed by atoms with Crippen molar-refractivity contribution in [1.82, 2.24) is 15.1 Å². The van der Waals surface area contributed by atoms with E-state index in [2.05, 4.69) is 17.3 Å². The van der Waals surface area contributed by atoms with Crippen LogP contribution in [0.2, 0.25) is 0 Å². The van der Waals surface area contributed by atoms with E-state index in [0.717, 1.165) is 5.56 Å². The van der Waals surface area contributed by atoms with Crippen LogP contribution in [-0.2, 0) is 6.54 Å². The number of aromatic nitrogens is 2. The monoisotopic (exact) mass is 233 g/mol. The van der Waals surface area contributed by atoms with Crippen LogP contribution in [0.4, 0.5) is 4.39 Å². The minimum atomic E-state index is -0.189. The van der Waals surface area contributed by atoms with E-state index in [9.17, 15) is 4.39 Å². The average Bonchev–Trinajstić information content (AvgIpc) is 2.80. The number of hydrogen-bond donors (Lipinski definition) is 1. The lowest BCUT2D eigenvalue weighted by Gasteiger charge is -2.06. The maximum Gasteiger partial charge on any atom is 0.128 e. The third-order valence-electron chi connectivity index (χ3n) is 2.88. The molecule has 1 aromatic carbocycles. The molecular weight excluding hydrogens is 217 g/mol. The molecule has 1 heterocycles. The van der Waals surface area contributed by atoms with Crippen LogP contribution in [0.25, 0.3) is 0 Å². The maximum absolute atomic E-state index is 13.5. The van der Waals surface area contributed by atoms with Gasteiger partial charge in [-0.05, 0) is 20.0 Å². The van der Waals surface area contributed by atoms with Crippen molar-refractivity contribution in [3.8, 4) is 0 Å². The van der Waals surface area contributed by atoms with E-state index in [1.54, 1.807) is 16.8 Å². The molecule has 1 aromatic heterocycles. The molecule has 4 heteroatoms. The van der Waals surface area contributed by atoms with Gasteiger partial charge in [-0.3, -0.25) is 4.68 Å². The summed E-state index contributed by atoms with van der Waals surface area (Å²) >= 11 is 0. The minimum absolute atomic E-state index is 0.189. The molecule has 0 amide bonds. The number of halogens is 1. The Morgan fingerprint density at radius 3 is 2.88 bits per heavy atom. The van der Waals surface area contributed by atoms with Crippen LogP contribution in [0.15, 0.2) is 36.7 Å². The van der Waals surface area contributed by atoms with E-state index in [1.165, 1.54) is 6.07 Å². The SMILES string of the molecule is CNC(C)c1cnn(Cc2ccccc2F)c1. The van der Waals surface area contributed by atoms with Crippen LogP contribution in [0.1, 0.15) is 24.1 Å². The maximum atomic E-state index is 13.5. The molecule has 0 saturated heterocycles. The highest BCUT2D eigenvalue weighted by atomic mass is 19.1. The molecule has 0 aliphatic heterocycles. The van der Waals surface area contributed by atoms with Crippen LogP contribution >= 0.6 is 0 Å². The fraction of sp³-hybridized carbons (Fsp3) is 0.308. The van der Waals surface area contributed by atoms with Gasteiger partial charge in [-0.25, -0.2) is 4.39 Å². The molecule has 2 aromatic rings. The molecule has 0 fully saturated rings. The summed E-state index contributed by atoms with van der Waals surface area (Å²) in [4.78, 5) is 0. The van der Waals surface area contributed by atoms with Crippen molar-refractivity contribution in [3.63, 3.8) is 0 Å². The molecule has 0 spiro atoms. The van der Waals surface area contributed by atoms with Crippen LogP contribution in [0.3, 0.4) is 0 Å². The molecule has 0 bridgehead atoms. The second-order valence-electron chi connectivity index (χ2n) is 4.07. The normalized spacial score (nSPS) is 12.6. The molecule has 1 atom stereocenters. The van der Waals surface area contributed by atoms with Gasteiger partial charge in [-0.2, -0.15) is 5.10 Å². The Kier molecular flexibility index (Phi) is 3.54. The zero-order chi connectivity index (χ0) is 12.3. The predicted molar refractivity (Wildman–Crippen MR) is 65.2 cm³/mol. The van der Waals surface area contributed by atoms with Crippen molar-refractivity contribution in [2.75, 3.05) is 7.05 Å². The fourth-order valence-corrected chi connectivity index (χ4v) is 1.66. The molecule has 90 valence electrons. The minimum Gasteiger partial charge on any atom is -0.313 e. The first-order valence-electron chi connectivity index (χ1n) is 5.63. The molecule has 2 rings (SSSR count). The first kappa shape index (κ1) is 11.8. The summed E-state index contributed by atoms with van der Waals surface area (Å²) < 4.78 is 15.2. The molecule has 3 nitrogen and oxygen atoms in total. The number of nitrogens with one attached hydrogen (secondary N) is 1. The zero-order valence-corrected chi connectivity index (χ0v) is 10.0. The van der Waals surface area contributed by atoms with Crippen LogP contribution < -0.4 is 5.32 Å². The number of benzene rings is 1. The molecule has 1 N–H and O–H groups in total. The van der Waals surface area contributed by atoms with Gasteiger partial charge >= 0.3 is 0 Å². The molecule has 17 heavy (non-hydrogen) atoms. The average molecular weight is 233 g/mol. The van der Waals surface area contributed by atoms with Gasteiger partial charge in [0.2, 0.25) is 0 Å². The summed E-state index contributed by atoms with van der Waals surface area (Å²) in [6.45, 7) is 2.52. The Morgan fingerprint density at radius 2 is 2.18 bits per heavy atom. The van der Waals surface area contributed by atoms with Gasteiger partial charge in [0.1, 0.15) is 5.82 Å². The number of rotatable bonds is 4. The summed E-state index contributed by atoms with van der Waals surface area (Å²) in [6.07, 6.45) is 3.75. The fourth-order valence-electron chi connectivity index (χ4n) is 1.66.